The molecule has 0 saturated heterocycles. The molecule has 138 valence electrons. The number of aromatic nitrogens is 4. The SMILES string of the molecule is CCNC1CC=C(c2cnc(C)c(-c3nnc(-c4ccccc4)o3)n2)CC1. The van der Waals surface area contributed by atoms with Gasteiger partial charge in [0.15, 0.2) is 0 Å². The van der Waals surface area contributed by atoms with Gasteiger partial charge < -0.3 is 9.73 Å². The van der Waals surface area contributed by atoms with Gasteiger partial charge in [-0.25, -0.2) is 4.98 Å². The van der Waals surface area contributed by atoms with Gasteiger partial charge >= 0.3 is 0 Å². The quantitative estimate of drug-likeness (QED) is 0.739. The van der Waals surface area contributed by atoms with Crippen molar-refractivity contribution in [1.82, 2.24) is 25.5 Å². The molecule has 0 amide bonds. The van der Waals surface area contributed by atoms with Crippen molar-refractivity contribution in [2.75, 3.05) is 6.54 Å². The van der Waals surface area contributed by atoms with Crippen LogP contribution in [0.15, 0.2) is 47.0 Å². The Balaban J connectivity index is 1.61. The molecule has 2 aromatic heterocycles. The topological polar surface area (TPSA) is 76.7 Å². The van der Waals surface area contributed by atoms with Gasteiger partial charge in [0.05, 0.1) is 17.6 Å². The van der Waals surface area contributed by atoms with Crippen LogP contribution < -0.4 is 5.32 Å². The van der Waals surface area contributed by atoms with E-state index < -0.39 is 0 Å². The number of hydrogen-bond acceptors (Lipinski definition) is 6. The molecule has 0 radical (unpaired) electrons. The maximum Gasteiger partial charge on any atom is 0.268 e. The van der Waals surface area contributed by atoms with Crippen molar-refractivity contribution in [1.29, 1.82) is 0 Å². The Kier molecular flexibility index (Phi) is 5.07. The molecular formula is C21H23N5O. The van der Waals surface area contributed by atoms with Gasteiger partial charge in [-0.1, -0.05) is 31.2 Å². The van der Waals surface area contributed by atoms with Crippen molar-refractivity contribution in [2.45, 2.75) is 39.2 Å². The average Bonchev–Trinajstić information content (AvgIpc) is 3.20. The van der Waals surface area contributed by atoms with E-state index in [4.69, 9.17) is 9.40 Å². The molecule has 6 nitrogen and oxygen atoms in total. The van der Waals surface area contributed by atoms with Crippen molar-refractivity contribution in [2.24, 2.45) is 0 Å². The van der Waals surface area contributed by atoms with Gasteiger partial charge in [-0.15, -0.1) is 10.2 Å². The molecule has 4 rings (SSSR count). The highest BCUT2D eigenvalue weighted by Crippen LogP contribution is 2.29. The maximum atomic E-state index is 5.87. The molecular weight excluding hydrogens is 338 g/mol. The van der Waals surface area contributed by atoms with Crippen LogP contribution in [0.3, 0.4) is 0 Å². The van der Waals surface area contributed by atoms with Gasteiger partial charge in [0.25, 0.3) is 5.89 Å². The monoisotopic (exact) mass is 361 g/mol. The molecule has 6 heteroatoms. The predicted octanol–water partition coefficient (Wildman–Crippen LogP) is 4.05. The third kappa shape index (κ3) is 3.80. The van der Waals surface area contributed by atoms with E-state index in [-0.39, 0.29) is 0 Å². The van der Waals surface area contributed by atoms with Crippen LogP contribution in [0.5, 0.6) is 0 Å². The summed E-state index contributed by atoms with van der Waals surface area (Å²) in [6.07, 6.45) is 7.24. The Bertz CT molecular complexity index is 948. The largest absolute Gasteiger partial charge is 0.415 e. The number of nitrogens with zero attached hydrogens (tertiary/aromatic N) is 4. The van der Waals surface area contributed by atoms with Crippen LogP contribution in [-0.4, -0.2) is 32.8 Å². The second kappa shape index (κ2) is 7.80. The molecule has 0 saturated carbocycles. The Hall–Kier alpha value is -2.86. The molecule has 27 heavy (non-hydrogen) atoms. The molecule has 3 aromatic rings. The van der Waals surface area contributed by atoms with Crippen molar-refractivity contribution in [3.05, 3.63) is 54.0 Å². The second-order valence-electron chi connectivity index (χ2n) is 6.73. The fraction of sp³-hybridized carbons (Fsp3) is 0.333. The van der Waals surface area contributed by atoms with Gasteiger partial charge in [0.2, 0.25) is 5.89 Å². The molecule has 0 fully saturated rings. The highest BCUT2D eigenvalue weighted by Gasteiger charge is 2.19. The van der Waals surface area contributed by atoms with E-state index in [1.165, 1.54) is 5.57 Å². The standard InChI is InChI=1S/C21H23N5O/c1-3-22-17-11-9-15(10-12-17)18-13-23-14(2)19(24-18)21-26-25-20(27-21)16-7-5-4-6-8-16/h4-9,13,17,22H,3,10-12H2,1-2H3. The van der Waals surface area contributed by atoms with E-state index >= 15 is 0 Å². The smallest absolute Gasteiger partial charge is 0.268 e. The minimum atomic E-state index is 0.405. The van der Waals surface area contributed by atoms with Crippen LogP contribution >= 0.6 is 0 Å². The normalized spacial score (nSPS) is 17.0. The Morgan fingerprint density at radius 2 is 1.96 bits per heavy atom. The number of allylic oxidation sites excluding steroid dienone is 1. The van der Waals surface area contributed by atoms with Crippen molar-refractivity contribution < 1.29 is 4.42 Å². The van der Waals surface area contributed by atoms with Crippen LogP contribution in [0, 0.1) is 6.92 Å². The number of hydrogen-bond donors (Lipinski definition) is 1. The Morgan fingerprint density at radius 3 is 2.70 bits per heavy atom. The lowest BCUT2D eigenvalue weighted by atomic mass is 9.93. The highest BCUT2D eigenvalue weighted by atomic mass is 16.4. The highest BCUT2D eigenvalue weighted by molar-refractivity contribution is 5.65. The average molecular weight is 361 g/mol. The molecule has 1 N–H and O–H groups in total. The minimum Gasteiger partial charge on any atom is -0.415 e. The first-order valence-corrected chi connectivity index (χ1v) is 9.40. The number of benzene rings is 1. The Morgan fingerprint density at radius 1 is 1.15 bits per heavy atom. The molecule has 1 aromatic carbocycles. The van der Waals surface area contributed by atoms with Gasteiger partial charge in [-0.05, 0) is 50.4 Å². The minimum absolute atomic E-state index is 0.405. The summed E-state index contributed by atoms with van der Waals surface area (Å²) in [6, 6.07) is 10.3. The maximum absolute atomic E-state index is 5.87. The van der Waals surface area contributed by atoms with Crippen molar-refractivity contribution >= 4 is 5.57 Å². The summed E-state index contributed by atoms with van der Waals surface area (Å²) in [5, 5.41) is 11.9. The fourth-order valence-corrected chi connectivity index (χ4v) is 3.36. The van der Waals surface area contributed by atoms with Crippen LogP contribution in [0.2, 0.25) is 0 Å². The lowest BCUT2D eigenvalue weighted by Crippen LogP contribution is -2.29. The van der Waals surface area contributed by atoms with Crippen molar-refractivity contribution in [3.63, 3.8) is 0 Å². The number of rotatable bonds is 5. The van der Waals surface area contributed by atoms with Crippen LogP contribution in [0.4, 0.5) is 0 Å². The summed E-state index contributed by atoms with van der Waals surface area (Å²) >= 11 is 0. The molecule has 0 aliphatic heterocycles. The van der Waals surface area contributed by atoms with E-state index in [9.17, 15) is 0 Å². The van der Waals surface area contributed by atoms with Crippen LogP contribution in [0.1, 0.15) is 37.6 Å². The summed E-state index contributed by atoms with van der Waals surface area (Å²) in [5.41, 5.74) is 4.45. The summed E-state index contributed by atoms with van der Waals surface area (Å²) < 4.78 is 5.87. The van der Waals surface area contributed by atoms with Gasteiger partial charge in [-0.2, -0.15) is 0 Å². The van der Waals surface area contributed by atoms with Gasteiger partial charge in [-0.3, -0.25) is 4.98 Å². The molecule has 0 bridgehead atoms. The van der Waals surface area contributed by atoms with Crippen LogP contribution in [0.25, 0.3) is 28.6 Å². The lowest BCUT2D eigenvalue weighted by molar-refractivity contribution is 0.493. The zero-order valence-electron chi connectivity index (χ0n) is 15.6. The zero-order chi connectivity index (χ0) is 18.6. The fourth-order valence-electron chi connectivity index (χ4n) is 3.36. The third-order valence-corrected chi connectivity index (χ3v) is 4.84. The number of nitrogens with one attached hydrogen (secondary N) is 1. The summed E-state index contributed by atoms with van der Waals surface area (Å²) in [7, 11) is 0. The molecule has 2 heterocycles. The first-order valence-electron chi connectivity index (χ1n) is 9.40. The lowest BCUT2D eigenvalue weighted by Gasteiger charge is -2.22. The van der Waals surface area contributed by atoms with E-state index in [1.54, 1.807) is 0 Å². The summed E-state index contributed by atoms with van der Waals surface area (Å²) in [4.78, 5) is 9.32. The van der Waals surface area contributed by atoms with Crippen molar-refractivity contribution in [3.8, 4) is 23.0 Å². The predicted molar refractivity (Wildman–Crippen MR) is 105 cm³/mol. The first-order chi connectivity index (χ1) is 13.2. The second-order valence-corrected chi connectivity index (χ2v) is 6.73. The molecule has 1 unspecified atom stereocenters. The van der Waals surface area contributed by atoms with E-state index in [1.807, 2.05) is 43.5 Å². The third-order valence-electron chi connectivity index (χ3n) is 4.84. The van der Waals surface area contributed by atoms with Crippen LogP contribution in [-0.2, 0) is 0 Å². The summed E-state index contributed by atoms with van der Waals surface area (Å²) in [5.74, 6) is 0.894. The van der Waals surface area contributed by atoms with Gasteiger partial charge in [0, 0.05) is 11.6 Å². The van der Waals surface area contributed by atoms with E-state index in [0.717, 1.165) is 42.8 Å². The molecule has 1 aliphatic rings. The summed E-state index contributed by atoms with van der Waals surface area (Å²) in [6.45, 7) is 5.06. The zero-order valence-corrected chi connectivity index (χ0v) is 15.6. The van der Waals surface area contributed by atoms with Gasteiger partial charge in [0.1, 0.15) is 5.69 Å². The molecule has 1 atom stereocenters. The van der Waals surface area contributed by atoms with E-state index in [0.29, 0.717) is 23.5 Å². The molecule has 1 aliphatic carbocycles. The first kappa shape index (κ1) is 17.5. The number of aryl methyl sites for hydroxylation is 1. The molecule has 0 spiro atoms. The Labute approximate surface area is 158 Å². The van der Waals surface area contributed by atoms with E-state index in [2.05, 4.69) is 33.5 Å².